The average molecular weight is 291 g/mol. The zero-order valence-electron chi connectivity index (χ0n) is 13.4. The fourth-order valence-corrected chi connectivity index (χ4v) is 2.77. The Morgan fingerprint density at radius 1 is 1.24 bits per heavy atom. The summed E-state index contributed by atoms with van der Waals surface area (Å²) in [5.41, 5.74) is 1.80. The van der Waals surface area contributed by atoms with Gasteiger partial charge in [0, 0.05) is 18.7 Å². The SMILES string of the molecule is CCC(CC)(CCO)CNc1ncnc2oc(C)c(C)c12. The smallest absolute Gasteiger partial charge is 0.231 e. The van der Waals surface area contributed by atoms with Crippen LogP contribution in [0.4, 0.5) is 5.82 Å². The van der Waals surface area contributed by atoms with E-state index in [0.29, 0.717) is 5.71 Å². The van der Waals surface area contributed by atoms with Crippen LogP contribution in [0, 0.1) is 19.3 Å². The molecule has 0 fully saturated rings. The first kappa shape index (κ1) is 15.8. The number of hydrogen-bond donors (Lipinski definition) is 2. The van der Waals surface area contributed by atoms with Crippen LogP contribution in [-0.4, -0.2) is 28.2 Å². The molecule has 0 atom stereocenters. The molecular weight excluding hydrogens is 266 g/mol. The van der Waals surface area contributed by atoms with Gasteiger partial charge in [-0.05, 0) is 38.5 Å². The lowest BCUT2D eigenvalue weighted by Crippen LogP contribution is -2.30. The summed E-state index contributed by atoms with van der Waals surface area (Å²) in [6.07, 6.45) is 4.37. The van der Waals surface area contributed by atoms with Gasteiger partial charge < -0.3 is 14.8 Å². The Balaban J connectivity index is 2.27. The Hall–Kier alpha value is -1.62. The number of aliphatic hydroxyl groups excluding tert-OH is 1. The van der Waals surface area contributed by atoms with Gasteiger partial charge in [0.25, 0.3) is 0 Å². The molecule has 2 aromatic heterocycles. The molecule has 116 valence electrons. The van der Waals surface area contributed by atoms with Crippen LogP contribution in [0.1, 0.15) is 44.4 Å². The maximum Gasteiger partial charge on any atom is 0.231 e. The Morgan fingerprint density at radius 2 is 1.95 bits per heavy atom. The van der Waals surface area contributed by atoms with Crippen molar-refractivity contribution in [2.45, 2.75) is 47.0 Å². The minimum Gasteiger partial charge on any atom is -0.443 e. The van der Waals surface area contributed by atoms with Crippen molar-refractivity contribution in [1.29, 1.82) is 0 Å². The molecule has 0 amide bonds. The molecule has 5 heteroatoms. The van der Waals surface area contributed by atoms with Crippen molar-refractivity contribution in [2.75, 3.05) is 18.5 Å². The zero-order chi connectivity index (χ0) is 15.5. The number of aromatic nitrogens is 2. The first-order chi connectivity index (χ1) is 10.1. The third kappa shape index (κ3) is 3.02. The molecule has 0 aliphatic heterocycles. The minimum atomic E-state index is 0.0959. The van der Waals surface area contributed by atoms with Gasteiger partial charge in [0.2, 0.25) is 5.71 Å². The van der Waals surface area contributed by atoms with Crippen molar-refractivity contribution < 1.29 is 9.52 Å². The van der Waals surface area contributed by atoms with Gasteiger partial charge in [-0.25, -0.2) is 9.97 Å². The van der Waals surface area contributed by atoms with Crippen LogP contribution in [0.25, 0.3) is 11.1 Å². The van der Waals surface area contributed by atoms with Crippen molar-refractivity contribution in [2.24, 2.45) is 5.41 Å². The first-order valence-electron chi connectivity index (χ1n) is 7.62. The lowest BCUT2D eigenvalue weighted by atomic mass is 9.79. The molecule has 5 nitrogen and oxygen atoms in total. The molecule has 0 aliphatic carbocycles. The fourth-order valence-electron chi connectivity index (χ4n) is 2.77. The predicted molar refractivity (Wildman–Crippen MR) is 84.5 cm³/mol. The van der Waals surface area contributed by atoms with Crippen molar-refractivity contribution in [3.63, 3.8) is 0 Å². The third-order valence-electron chi connectivity index (χ3n) is 4.74. The van der Waals surface area contributed by atoms with E-state index in [1.54, 1.807) is 0 Å². The van der Waals surface area contributed by atoms with Crippen molar-refractivity contribution in [1.82, 2.24) is 9.97 Å². The van der Waals surface area contributed by atoms with E-state index >= 15 is 0 Å². The highest BCUT2D eigenvalue weighted by Crippen LogP contribution is 2.33. The quantitative estimate of drug-likeness (QED) is 0.817. The highest BCUT2D eigenvalue weighted by Gasteiger charge is 2.26. The molecule has 2 N–H and O–H groups in total. The van der Waals surface area contributed by atoms with Crippen LogP contribution in [0.3, 0.4) is 0 Å². The summed E-state index contributed by atoms with van der Waals surface area (Å²) >= 11 is 0. The van der Waals surface area contributed by atoms with Crippen LogP contribution < -0.4 is 5.32 Å². The second kappa shape index (κ2) is 6.43. The molecule has 0 saturated carbocycles. The van der Waals surface area contributed by atoms with Crippen LogP contribution in [0.2, 0.25) is 0 Å². The largest absolute Gasteiger partial charge is 0.443 e. The van der Waals surface area contributed by atoms with E-state index in [9.17, 15) is 5.11 Å². The summed E-state index contributed by atoms with van der Waals surface area (Å²) in [5, 5.41) is 13.7. The Kier molecular flexibility index (Phi) is 4.83. The van der Waals surface area contributed by atoms with Gasteiger partial charge in [0.05, 0.1) is 5.39 Å². The van der Waals surface area contributed by atoms with E-state index < -0.39 is 0 Å². The molecule has 0 bridgehead atoms. The number of nitrogens with zero attached hydrogens (tertiary/aromatic N) is 2. The molecule has 0 unspecified atom stereocenters. The van der Waals surface area contributed by atoms with Crippen molar-refractivity contribution >= 4 is 16.9 Å². The zero-order valence-corrected chi connectivity index (χ0v) is 13.4. The highest BCUT2D eigenvalue weighted by atomic mass is 16.3. The lowest BCUT2D eigenvalue weighted by Gasteiger charge is -2.31. The van der Waals surface area contributed by atoms with Gasteiger partial charge in [0.1, 0.15) is 17.9 Å². The predicted octanol–water partition coefficient (Wildman–Crippen LogP) is 3.44. The van der Waals surface area contributed by atoms with Crippen LogP contribution in [-0.2, 0) is 0 Å². The molecular formula is C16H25N3O2. The van der Waals surface area contributed by atoms with E-state index in [0.717, 1.165) is 48.3 Å². The summed E-state index contributed by atoms with van der Waals surface area (Å²) in [6.45, 7) is 9.31. The highest BCUT2D eigenvalue weighted by molar-refractivity contribution is 5.89. The molecule has 0 aliphatic rings. The van der Waals surface area contributed by atoms with Gasteiger partial charge in [-0.2, -0.15) is 0 Å². The first-order valence-corrected chi connectivity index (χ1v) is 7.62. The Bertz CT molecular complexity index is 603. The minimum absolute atomic E-state index is 0.0959. The number of hydrogen-bond acceptors (Lipinski definition) is 5. The number of furan rings is 1. The Morgan fingerprint density at radius 3 is 2.57 bits per heavy atom. The molecule has 2 heterocycles. The fraction of sp³-hybridized carbons (Fsp3) is 0.625. The molecule has 0 aromatic carbocycles. The monoisotopic (exact) mass is 291 g/mol. The van der Waals surface area contributed by atoms with Crippen LogP contribution in [0.5, 0.6) is 0 Å². The number of rotatable bonds is 7. The standard InChI is InChI=1S/C16H25N3O2/c1-5-16(6-2,7-8-20)9-17-14-13-11(3)12(4)21-15(13)19-10-18-14/h10,20H,5-9H2,1-4H3,(H,17,18,19). The number of aryl methyl sites for hydroxylation is 2. The molecule has 0 radical (unpaired) electrons. The topological polar surface area (TPSA) is 71.2 Å². The van der Waals surface area contributed by atoms with Crippen LogP contribution in [0.15, 0.2) is 10.7 Å². The molecule has 21 heavy (non-hydrogen) atoms. The van der Waals surface area contributed by atoms with Crippen molar-refractivity contribution in [3.05, 3.63) is 17.7 Å². The number of fused-ring (bicyclic) bond motifs is 1. The van der Waals surface area contributed by atoms with Gasteiger partial charge in [-0.3, -0.25) is 0 Å². The van der Waals surface area contributed by atoms with Gasteiger partial charge in [-0.15, -0.1) is 0 Å². The van der Waals surface area contributed by atoms with E-state index in [1.807, 2.05) is 13.8 Å². The van der Waals surface area contributed by atoms with E-state index in [1.165, 1.54) is 6.33 Å². The van der Waals surface area contributed by atoms with E-state index in [-0.39, 0.29) is 12.0 Å². The summed E-state index contributed by atoms with van der Waals surface area (Å²) in [4.78, 5) is 8.55. The molecule has 0 spiro atoms. The van der Waals surface area contributed by atoms with Crippen LogP contribution >= 0.6 is 0 Å². The van der Waals surface area contributed by atoms with Gasteiger partial charge in [-0.1, -0.05) is 13.8 Å². The van der Waals surface area contributed by atoms with Gasteiger partial charge >= 0.3 is 0 Å². The summed E-state index contributed by atoms with van der Waals surface area (Å²) < 4.78 is 5.64. The lowest BCUT2D eigenvalue weighted by molar-refractivity contribution is 0.179. The molecule has 2 aromatic rings. The molecule has 0 saturated heterocycles. The average Bonchev–Trinajstić information content (AvgIpc) is 2.79. The van der Waals surface area contributed by atoms with Crippen molar-refractivity contribution in [3.8, 4) is 0 Å². The third-order valence-corrected chi connectivity index (χ3v) is 4.74. The second-order valence-electron chi connectivity index (χ2n) is 5.72. The maximum atomic E-state index is 9.31. The maximum absolute atomic E-state index is 9.31. The normalized spacial score (nSPS) is 12.0. The number of aliphatic hydroxyl groups is 1. The summed E-state index contributed by atoms with van der Waals surface area (Å²) in [6, 6.07) is 0. The summed E-state index contributed by atoms with van der Waals surface area (Å²) in [5.74, 6) is 1.69. The Labute approximate surface area is 125 Å². The number of nitrogens with one attached hydrogen (secondary N) is 1. The van der Waals surface area contributed by atoms with E-state index in [2.05, 4.69) is 29.1 Å². The molecule has 2 rings (SSSR count). The second-order valence-corrected chi connectivity index (χ2v) is 5.72. The summed E-state index contributed by atoms with van der Waals surface area (Å²) in [7, 11) is 0. The van der Waals surface area contributed by atoms with E-state index in [4.69, 9.17) is 4.42 Å². The number of anilines is 1. The van der Waals surface area contributed by atoms with Gasteiger partial charge in [0.15, 0.2) is 0 Å².